The molecule has 0 aromatic heterocycles. The van der Waals surface area contributed by atoms with Gasteiger partial charge in [-0.05, 0) is 37.8 Å². The molecule has 2 aliphatic heterocycles. The van der Waals surface area contributed by atoms with Crippen LogP contribution in [0.3, 0.4) is 0 Å². The normalized spacial score (nSPS) is 23.1. The number of halogens is 1. The number of carbonyl (C=O) groups excluding carboxylic acids is 2. The number of amides is 3. The number of thioether (sulfide) groups is 1. The van der Waals surface area contributed by atoms with Crippen LogP contribution in [0.15, 0.2) is 40.2 Å². The number of imide groups is 1. The molecule has 2 heterocycles. The first-order chi connectivity index (χ1) is 13.0. The molecule has 9 heteroatoms. The summed E-state index contributed by atoms with van der Waals surface area (Å²) in [5.74, 6) is 1.77. The Balaban J connectivity index is 0.00000280. The minimum absolute atomic E-state index is 0. The lowest BCUT2D eigenvalue weighted by Crippen LogP contribution is -2.55. The Morgan fingerprint density at radius 1 is 1.29 bits per heavy atom. The fourth-order valence-electron chi connectivity index (χ4n) is 3.69. The largest absolute Gasteiger partial charge is 0.355 e. The minimum atomic E-state index is -0.799. The number of piperidine rings is 1. The molecule has 1 aromatic carbocycles. The summed E-state index contributed by atoms with van der Waals surface area (Å²) in [7, 11) is 1.80. The van der Waals surface area contributed by atoms with E-state index in [1.807, 2.05) is 36.9 Å². The maximum Gasteiger partial charge on any atom is 0.322 e. The van der Waals surface area contributed by atoms with E-state index in [4.69, 9.17) is 0 Å². The quantitative estimate of drug-likeness (QED) is 0.139. The third-order valence-corrected chi connectivity index (χ3v) is 6.31. The van der Waals surface area contributed by atoms with Crippen molar-refractivity contribution in [1.82, 2.24) is 20.9 Å². The van der Waals surface area contributed by atoms with Gasteiger partial charge >= 0.3 is 6.03 Å². The van der Waals surface area contributed by atoms with Gasteiger partial charge in [-0.25, -0.2) is 4.79 Å². The fourth-order valence-corrected chi connectivity index (χ4v) is 4.48. The number of hydrogen-bond donors (Lipinski definition) is 3. The van der Waals surface area contributed by atoms with Crippen molar-refractivity contribution in [3.8, 4) is 0 Å². The van der Waals surface area contributed by atoms with Crippen molar-refractivity contribution in [1.29, 1.82) is 0 Å². The van der Waals surface area contributed by atoms with Crippen LogP contribution in [0.2, 0.25) is 0 Å². The Morgan fingerprint density at radius 2 is 1.96 bits per heavy atom. The van der Waals surface area contributed by atoms with E-state index in [2.05, 4.69) is 38.0 Å². The third kappa shape index (κ3) is 5.31. The van der Waals surface area contributed by atoms with Gasteiger partial charge in [-0.1, -0.05) is 18.2 Å². The molecular formula is C19H28IN5O2S. The number of likely N-dealkylation sites (tertiary alicyclic amines) is 1. The molecule has 2 saturated heterocycles. The van der Waals surface area contributed by atoms with Gasteiger partial charge < -0.3 is 15.5 Å². The predicted molar refractivity (Wildman–Crippen MR) is 123 cm³/mol. The van der Waals surface area contributed by atoms with Gasteiger partial charge in [0, 0.05) is 37.3 Å². The Bertz CT molecular complexity index is 710. The summed E-state index contributed by atoms with van der Waals surface area (Å²) in [5.41, 5.74) is -0.799. The first kappa shape index (κ1) is 22.8. The molecule has 0 bridgehead atoms. The number of guanidine groups is 1. The molecule has 3 N–H and O–H groups in total. The van der Waals surface area contributed by atoms with Crippen LogP contribution < -0.4 is 16.0 Å². The van der Waals surface area contributed by atoms with Gasteiger partial charge in [-0.2, -0.15) is 0 Å². The van der Waals surface area contributed by atoms with Crippen LogP contribution in [-0.4, -0.2) is 60.8 Å². The van der Waals surface area contributed by atoms with Gasteiger partial charge in [0.05, 0.1) is 0 Å². The van der Waals surface area contributed by atoms with E-state index < -0.39 is 11.6 Å². The van der Waals surface area contributed by atoms with E-state index in [0.29, 0.717) is 0 Å². The summed E-state index contributed by atoms with van der Waals surface area (Å²) in [6, 6.07) is 9.96. The number of aliphatic imine (C=N–C) groups is 1. The second kappa shape index (κ2) is 10.3. The monoisotopic (exact) mass is 517 g/mol. The molecule has 0 aliphatic carbocycles. The van der Waals surface area contributed by atoms with Gasteiger partial charge in [0.15, 0.2) is 5.96 Å². The van der Waals surface area contributed by atoms with Crippen LogP contribution in [0.1, 0.15) is 19.8 Å². The Morgan fingerprint density at radius 3 is 2.54 bits per heavy atom. The number of hydrogen-bond acceptors (Lipinski definition) is 4. The highest BCUT2D eigenvalue weighted by Crippen LogP contribution is 2.30. The molecule has 0 radical (unpaired) electrons. The zero-order valence-electron chi connectivity index (χ0n) is 16.2. The number of urea groups is 1. The Labute approximate surface area is 187 Å². The van der Waals surface area contributed by atoms with E-state index >= 15 is 0 Å². The average Bonchev–Trinajstić information content (AvgIpc) is 2.95. The van der Waals surface area contributed by atoms with Crippen molar-refractivity contribution < 1.29 is 9.59 Å². The van der Waals surface area contributed by atoms with Crippen LogP contribution in [0.4, 0.5) is 4.79 Å². The highest BCUT2D eigenvalue weighted by atomic mass is 127. The summed E-state index contributed by atoms with van der Waals surface area (Å²) in [6.07, 6.45) is 1.67. The summed E-state index contributed by atoms with van der Waals surface area (Å²) in [5, 5.41) is 8.58. The first-order valence-corrected chi connectivity index (χ1v) is 10.3. The average molecular weight is 517 g/mol. The molecule has 3 rings (SSSR count). The van der Waals surface area contributed by atoms with Crippen molar-refractivity contribution in [2.24, 2.45) is 10.9 Å². The smallest absolute Gasteiger partial charge is 0.322 e. The second-order valence-corrected chi connectivity index (χ2v) is 8.18. The van der Waals surface area contributed by atoms with Crippen LogP contribution in [0, 0.1) is 5.92 Å². The maximum absolute atomic E-state index is 12.1. The Kier molecular flexibility index (Phi) is 8.41. The molecule has 1 aromatic rings. The van der Waals surface area contributed by atoms with E-state index in [9.17, 15) is 9.59 Å². The molecule has 2 fully saturated rings. The van der Waals surface area contributed by atoms with Gasteiger partial charge in [0.25, 0.3) is 5.91 Å². The molecule has 2 aliphatic rings. The topological polar surface area (TPSA) is 85.8 Å². The van der Waals surface area contributed by atoms with Crippen molar-refractivity contribution in [3.63, 3.8) is 0 Å². The zero-order chi connectivity index (χ0) is 19.3. The molecule has 1 atom stereocenters. The SMILES string of the molecule is CN=C(NCCSc1ccccc1)N1CCC(C2(C)NC(=O)NC2=O)CC1.I. The van der Waals surface area contributed by atoms with Crippen LogP contribution in [-0.2, 0) is 4.79 Å². The third-order valence-electron chi connectivity index (χ3n) is 5.29. The molecule has 0 saturated carbocycles. The summed E-state index contributed by atoms with van der Waals surface area (Å²) < 4.78 is 0. The van der Waals surface area contributed by atoms with Crippen molar-refractivity contribution >= 4 is 53.6 Å². The molecule has 28 heavy (non-hydrogen) atoms. The summed E-state index contributed by atoms with van der Waals surface area (Å²) in [4.78, 5) is 31.5. The number of rotatable bonds is 5. The van der Waals surface area contributed by atoms with Crippen molar-refractivity contribution in [2.45, 2.75) is 30.2 Å². The number of nitrogens with one attached hydrogen (secondary N) is 3. The first-order valence-electron chi connectivity index (χ1n) is 9.30. The fraction of sp³-hybridized carbons (Fsp3) is 0.526. The minimum Gasteiger partial charge on any atom is -0.355 e. The highest BCUT2D eigenvalue weighted by Gasteiger charge is 2.48. The number of carbonyl (C=O) groups is 2. The Hall–Kier alpha value is -1.49. The van der Waals surface area contributed by atoms with E-state index in [1.54, 1.807) is 7.05 Å². The lowest BCUT2D eigenvalue weighted by molar-refractivity contribution is -0.125. The lowest BCUT2D eigenvalue weighted by Gasteiger charge is -2.39. The van der Waals surface area contributed by atoms with Gasteiger partial charge in [0.2, 0.25) is 0 Å². The van der Waals surface area contributed by atoms with Crippen molar-refractivity contribution in [3.05, 3.63) is 30.3 Å². The summed E-state index contributed by atoms with van der Waals surface area (Å²) in [6.45, 7) is 4.29. The number of benzene rings is 1. The predicted octanol–water partition coefficient (Wildman–Crippen LogP) is 2.28. The van der Waals surface area contributed by atoms with Crippen molar-refractivity contribution in [2.75, 3.05) is 32.4 Å². The highest BCUT2D eigenvalue weighted by molar-refractivity contribution is 14.0. The van der Waals surface area contributed by atoms with Crippen LogP contribution >= 0.6 is 35.7 Å². The van der Waals surface area contributed by atoms with E-state index in [0.717, 1.165) is 44.2 Å². The van der Waals surface area contributed by atoms with Gasteiger partial charge in [-0.15, -0.1) is 35.7 Å². The number of nitrogens with zero attached hydrogens (tertiary/aromatic N) is 2. The lowest BCUT2D eigenvalue weighted by atomic mass is 9.79. The molecule has 0 spiro atoms. The molecule has 1 unspecified atom stereocenters. The van der Waals surface area contributed by atoms with E-state index in [1.165, 1.54) is 4.90 Å². The van der Waals surface area contributed by atoms with E-state index in [-0.39, 0.29) is 35.8 Å². The molecular weight excluding hydrogens is 489 g/mol. The second-order valence-electron chi connectivity index (χ2n) is 7.01. The summed E-state index contributed by atoms with van der Waals surface area (Å²) >= 11 is 1.82. The molecule has 3 amide bonds. The molecule has 7 nitrogen and oxygen atoms in total. The van der Waals surface area contributed by atoms with Crippen LogP contribution in [0.25, 0.3) is 0 Å². The molecule has 154 valence electrons. The maximum atomic E-state index is 12.1. The van der Waals surface area contributed by atoms with Gasteiger partial charge in [0.1, 0.15) is 5.54 Å². The zero-order valence-corrected chi connectivity index (χ0v) is 19.4. The van der Waals surface area contributed by atoms with Gasteiger partial charge in [-0.3, -0.25) is 15.1 Å². The van der Waals surface area contributed by atoms with Crippen LogP contribution in [0.5, 0.6) is 0 Å². The standard InChI is InChI=1S/C19H27N5O2S.HI/c1-19(16(25)22-18(26)23-19)14-8-11-24(12-9-14)17(20-2)21-10-13-27-15-6-4-3-5-7-15;/h3-7,14H,8-13H2,1-2H3,(H,20,21)(H2,22,23,25,26);1H.